The predicted octanol–water partition coefficient (Wildman–Crippen LogP) is 1.60. The summed E-state index contributed by atoms with van der Waals surface area (Å²) in [6.45, 7) is 2.94. The molecule has 1 heterocycles. The first-order valence-electron chi connectivity index (χ1n) is 6.30. The number of hydrogen-bond acceptors (Lipinski definition) is 4. The van der Waals surface area contributed by atoms with Gasteiger partial charge in [-0.2, -0.15) is 0 Å². The molecule has 1 unspecified atom stereocenters. The van der Waals surface area contributed by atoms with E-state index in [1.54, 1.807) is 17.0 Å². The molecule has 7 heteroatoms. The summed E-state index contributed by atoms with van der Waals surface area (Å²) >= 11 is 6.64. The van der Waals surface area contributed by atoms with E-state index >= 15 is 0 Å². The van der Waals surface area contributed by atoms with Gasteiger partial charge in [0.25, 0.3) is 5.91 Å². The average molecular weight is 407 g/mol. The van der Waals surface area contributed by atoms with Gasteiger partial charge in [-0.25, -0.2) is 0 Å². The summed E-state index contributed by atoms with van der Waals surface area (Å²) in [5, 5.41) is 10.3. The van der Waals surface area contributed by atoms with Gasteiger partial charge in [0.1, 0.15) is 0 Å². The summed E-state index contributed by atoms with van der Waals surface area (Å²) in [5.41, 5.74) is 6.89. The second kappa shape index (κ2) is 6.43. The number of nitrogens with zero attached hydrogens (tertiary/aromatic N) is 2. The number of amides is 1. The molecule has 3 N–H and O–H groups in total. The molecule has 0 spiro atoms. The van der Waals surface area contributed by atoms with Crippen LogP contribution < -0.4 is 5.73 Å². The van der Waals surface area contributed by atoms with Gasteiger partial charge in [0.2, 0.25) is 0 Å². The summed E-state index contributed by atoms with van der Waals surface area (Å²) in [7, 11) is 2.02. The van der Waals surface area contributed by atoms with Crippen molar-refractivity contribution in [3.8, 4) is 0 Å². The molecule has 1 saturated heterocycles. The van der Waals surface area contributed by atoms with E-state index in [2.05, 4.69) is 36.8 Å². The number of nitrogens with two attached hydrogens (primary N) is 1. The summed E-state index contributed by atoms with van der Waals surface area (Å²) in [6.07, 6.45) is -1.16. The Balaban J connectivity index is 2.14. The van der Waals surface area contributed by atoms with Crippen LogP contribution in [0, 0.1) is 0 Å². The minimum atomic E-state index is -1.16. The summed E-state index contributed by atoms with van der Waals surface area (Å²) < 4.78 is 1.32. The molecular weight excluding hydrogens is 390 g/mol. The van der Waals surface area contributed by atoms with Crippen molar-refractivity contribution >= 4 is 43.5 Å². The number of rotatable bonds is 2. The first-order chi connectivity index (χ1) is 9.40. The maximum atomic E-state index is 12.3. The first-order valence-corrected chi connectivity index (χ1v) is 7.88. The number of aliphatic hydroxyl groups is 1. The molecule has 1 aliphatic heterocycles. The van der Waals surface area contributed by atoms with Crippen LogP contribution in [0.15, 0.2) is 21.1 Å². The third-order valence-corrected chi connectivity index (χ3v) is 4.78. The lowest BCUT2D eigenvalue weighted by Gasteiger charge is -2.33. The van der Waals surface area contributed by atoms with Crippen molar-refractivity contribution in [1.82, 2.24) is 9.80 Å². The second-order valence-electron chi connectivity index (χ2n) is 4.93. The lowest BCUT2D eigenvalue weighted by Crippen LogP contribution is -2.48. The molecule has 110 valence electrons. The summed E-state index contributed by atoms with van der Waals surface area (Å²) in [5.74, 6) is -0.262. The Hall–Kier alpha value is -0.630. The Morgan fingerprint density at radius 1 is 1.25 bits per heavy atom. The molecule has 1 aromatic rings. The molecule has 0 radical (unpaired) electrons. The summed E-state index contributed by atoms with van der Waals surface area (Å²) in [4.78, 5) is 16.2. The van der Waals surface area contributed by atoms with Gasteiger partial charge >= 0.3 is 0 Å². The van der Waals surface area contributed by atoms with Crippen LogP contribution in [-0.2, 0) is 4.79 Å². The average Bonchev–Trinajstić information content (AvgIpc) is 2.43. The van der Waals surface area contributed by atoms with Crippen molar-refractivity contribution in [2.45, 2.75) is 6.10 Å². The molecule has 20 heavy (non-hydrogen) atoms. The lowest BCUT2D eigenvalue weighted by atomic mass is 10.1. The molecule has 1 aliphatic rings. The third-order valence-electron chi connectivity index (χ3n) is 3.47. The van der Waals surface area contributed by atoms with Crippen LogP contribution in [0.4, 0.5) is 5.69 Å². The van der Waals surface area contributed by atoms with Crippen molar-refractivity contribution in [3.05, 3.63) is 26.6 Å². The monoisotopic (exact) mass is 405 g/mol. The highest BCUT2D eigenvalue weighted by Crippen LogP contribution is 2.32. The quantitative estimate of drug-likeness (QED) is 0.732. The molecule has 1 atom stereocenters. The van der Waals surface area contributed by atoms with Crippen LogP contribution in [0.1, 0.15) is 11.7 Å². The highest BCUT2D eigenvalue weighted by Gasteiger charge is 2.26. The molecule has 1 fully saturated rings. The Morgan fingerprint density at radius 3 is 2.25 bits per heavy atom. The number of anilines is 1. The highest BCUT2D eigenvalue weighted by molar-refractivity contribution is 9.11. The van der Waals surface area contributed by atoms with Crippen molar-refractivity contribution < 1.29 is 9.90 Å². The number of carbonyl (C=O) groups excluding carboxylic acids is 1. The SMILES string of the molecule is CN1CCN(C(=O)C(O)c2cc(Br)c(N)c(Br)c2)CC1. The van der Waals surface area contributed by atoms with E-state index in [1.807, 2.05) is 7.05 Å². The number of carbonyl (C=O) groups is 1. The van der Waals surface area contributed by atoms with Crippen LogP contribution in [0.5, 0.6) is 0 Å². The zero-order valence-corrected chi connectivity index (χ0v) is 14.3. The molecule has 0 aliphatic carbocycles. The molecule has 1 amide bonds. The number of hydrogen-bond donors (Lipinski definition) is 2. The molecule has 0 aromatic heterocycles. The van der Waals surface area contributed by atoms with E-state index in [0.717, 1.165) is 13.1 Å². The van der Waals surface area contributed by atoms with Crippen molar-refractivity contribution in [3.63, 3.8) is 0 Å². The van der Waals surface area contributed by atoms with Gasteiger partial charge in [-0.1, -0.05) is 0 Å². The van der Waals surface area contributed by atoms with Gasteiger partial charge in [0, 0.05) is 35.1 Å². The van der Waals surface area contributed by atoms with Gasteiger partial charge in [-0.15, -0.1) is 0 Å². The zero-order valence-electron chi connectivity index (χ0n) is 11.1. The van der Waals surface area contributed by atoms with E-state index in [9.17, 15) is 9.90 Å². The molecule has 5 nitrogen and oxygen atoms in total. The largest absolute Gasteiger partial charge is 0.397 e. The molecule has 0 saturated carbocycles. The Labute approximate surface area is 135 Å². The van der Waals surface area contributed by atoms with Crippen LogP contribution in [-0.4, -0.2) is 54.0 Å². The lowest BCUT2D eigenvalue weighted by molar-refractivity contribution is -0.142. The predicted molar refractivity (Wildman–Crippen MR) is 85.3 cm³/mol. The van der Waals surface area contributed by atoms with Crippen molar-refractivity contribution in [2.75, 3.05) is 39.0 Å². The normalized spacial score (nSPS) is 18.1. The van der Waals surface area contributed by atoms with Crippen LogP contribution in [0.3, 0.4) is 0 Å². The molecular formula is C13H17Br2N3O2. The van der Waals surface area contributed by atoms with E-state index in [0.29, 0.717) is 33.3 Å². The number of likely N-dealkylation sites (N-methyl/N-ethyl adjacent to an activating group) is 1. The minimum Gasteiger partial charge on any atom is -0.397 e. The standard InChI is InChI=1S/C13H17Br2N3O2/c1-17-2-4-18(5-3-17)13(20)12(19)8-6-9(14)11(16)10(15)7-8/h6-7,12,19H,2-5,16H2,1H3. The fourth-order valence-electron chi connectivity index (χ4n) is 2.10. The van der Waals surface area contributed by atoms with Gasteiger partial charge in [-0.3, -0.25) is 4.79 Å². The Morgan fingerprint density at radius 2 is 1.75 bits per heavy atom. The number of aliphatic hydroxyl groups excluding tert-OH is 1. The van der Waals surface area contributed by atoms with E-state index in [4.69, 9.17) is 5.73 Å². The fraction of sp³-hybridized carbons (Fsp3) is 0.462. The van der Waals surface area contributed by atoms with Gasteiger partial charge in [0.05, 0.1) is 5.69 Å². The van der Waals surface area contributed by atoms with Gasteiger partial charge in [-0.05, 0) is 56.6 Å². The number of nitrogen functional groups attached to an aromatic ring is 1. The zero-order chi connectivity index (χ0) is 14.9. The topological polar surface area (TPSA) is 69.8 Å². The minimum absolute atomic E-state index is 0.262. The van der Waals surface area contributed by atoms with Crippen molar-refractivity contribution in [2.24, 2.45) is 0 Å². The number of halogens is 2. The molecule has 0 bridgehead atoms. The Bertz CT molecular complexity index is 493. The van der Waals surface area contributed by atoms with E-state index < -0.39 is 6.10 Å². The molecule has 2 rings (SSSR count). The van der Waals surface area contributed by atoms with Gasteiger partial charge in [0.15, 0.2) is 6.10 Å². The highest BCUT2D eigenvalue weighted by atomic mass is 79.9. The third kappa shape index (κ3) is 3.33. The summed E-state index contributed by atoms with van der Waals surface area (Å²) in [6, 6.07) is 3.36. The van der Waals surface area contributed by atoms with E-state index in [1.165, 1.54) is 0 Å². The molecule has 1 aromatic carbocycles. The number of piperazine rings is 1. The first kappa shape index (κ1) is 15.8. The van der Waals surface area contributed by atoms with Crippen LogP contribution in [0.25, 0.3) is 0 Å². The van der Waals surface area contributed by atoms with Crippen molar-refractivity contribution in [1.29, 1.82) is 0 Å². The number of benzene rings is 1. The van der Waals surface area contributed by atoms with E-state index in [-0.39, 0.29) is 5.91 Å². The van der Waals surface area contributed by atoms with Crippen LogP contribution >= 0.6 is 31.9 Å². The second-order valence-corrected chi connectivity index (χ2v) is 6.64. The smallest absolute Gasteiger partial charge is 0.256 e. The Kier molecular flexibility index (Phi) is 5.06. The van der Waals surface area contributed by atoms with Crippen LogP contribution in [0.2, 0.25) is 0 Å². The maximum absolute atomic E-state index is 12.3. The maximum Gasteiger partial charge on any atom is 0.256 e. The van der Waals surface area contributed by atoms with Gasteiger partial charge < -0.3 is 20.6 Å². The fourth-order valence-corrected chi connectivity index (χ4v) is 3.33.